The lowest BCUT2D eigenvalue weighted by Gasteiger charge is -2.31. The number of carboxylic acid groups (broad SMARTS) is 4. The standard InChI is InChI=1S/C17H21N3O8/c21-14(22)10(15(23)24)7-9-1-2-13(20-5-3-18-4-6-20)12(19-9)8-11(16(25)26)17(27)28/h1-2,10-11,18H,3-8H2,(H,21,22)(H,23,24)(H,25,26)(H,27,28). The normalized spacial score (nSPS) is 14.3. The summed E-state index contributed by atoms with van der Waals surface area (Å²) >= 11 is 0. The molecule has 0 atom stereocenters. The molecular weight excluding hydrogens is 374 g/mol. The van der Waals surface area contributed by atoms with Gasteiger partial charge in [0.25, 0.3) is 0 Å². The average molecular weight is 395 g/mol. The van der Waals surface area contributed by atoms with Crippen LogP contribution in [0, 0.1) is 11.8 Å². The second-order valence-electron chi connectivity index (χ2n) is 6.37. The highest BCUT2D eigenvalue weighted by Crippen LogP contribution is 2.24. The minimum absolute atomic E-state index is 0.137. The van der Waals surface area contributed by atoms with Gasteiger partial charge in [-0.25, -0.2) is 0 Å². The second-order valence-corrected chi connectivity index (χ2v) is 6.37. The minimum atomic E-state index is -1.72. The lowest BCUT2D eigenvalue weighted by atomic mass is 9.99. The molecule has 11 heteroatoms. The molecule has 0 bridgehead atoms. The van der Waals surface area contributed by atoms with E-state index in [1.165, 1.54) is 6.07 Å². The lowest BCUT2D eigenvalue weighted by molar-refractivity contribution is -0.156. The van der Waals surface area contributed by atoms with Crippen molar-refractivity contribution in [1.29, 1.82) is 0 Å². The number of rotatable bonds is 9. The fourth-order valence-corrected chi connectivity index (χ4v) is 2.96. The van der Waals surface area contributed by atoms with Crippen molar-refractivity contribution in [2.24, 2.45) is 11.8 Å². The molecule has 1 fully saturated rings. The fraction of sp³-hybridized carbons (Fsp3) is 0.471. The third-order valence-corrected chi connectivity index (χ3v) is 4.47. The van der Waals surface area contributed by atoms with Crippen LogP contribution in [0.5, 0.6) is 0 Å². The van der Waals surface area contributed by atoms with Crippen molar-refractivity contribution in [2.45, 2.75) is 12.8 Å². The Bertz CT molecular complexity index is 748. The van der Waals surface area contributed by atoms with Gasteiger partial charge in [-0.05, 0) is 12.1 Å². The molecule has 152 valence electrons. The van der Waals surface area contributed by atoms with Crippen molar-refractivity contribution in [3.8, 4) is 0 Å². The first-order chi connectivity index (χ1) is 13.2. The molecule has 1 aromatic rings. The Morgan fingerprint density at radius 1 is 0.893 bits per heavy atom. The van der Waals surface area contributed by atoms with Crippen LogP contribution in [0.3, 0.4) is 0 Å². The van der Waals surface area contributed by atoms with Gasteiger partial charge in [-0.3, -0.25) is 24.2 Å². The van der Waals surface area contributed by atoms with E-state index >= 15 is 0 Å². The molecule has 0 unspecified atom stereocenters. The van der Waals surface area contributed by atoms with E-state index in [1.54, 1.807) is 6.07 Å². The number of nitrogens with zero attached hydrogens (tertiary/aromatic N) is 2. The number of anilines is 1. The van der Waals surface area contributed by atoms with Gasteiger partial charge in [-0.2, -0.15) is 0 Å². The van der Waals surface area contributed by atoms with Crippen LogP contribution in [0.1, 0.15) is 11.4 Å². The lowest BCUT2D eigenvalue weighted by Crippen LogP contribution is -2.44. The van der Waals surface area contributed by atoms with E-state index in [0.29, 0.717) is 31.9 Å². The van der Waals surface area contributed by atoms with Crippen LogP contribution >= 0.6 is 0 Å². The Morgan fingerprint density at radius 2 is 1.39 bits per heavy atom. The number of carbonyl (C=O) groups is 4. The van der Waals surface area contributed by atoms with Gasteiger partial charge in [0.2, 0.25) is 0 Å². The Hall–Kier alpha value is -3.21. The van der Waals surface area contributed by atoms with Crippen LogP contribution in [0.25, 0.3) is 0 Å². The number of carboxylic acids is 4. The van der Waals surface area contributed by atoms with Crippen LogP contribution in [0.15, 0.2) is 12.1 Å². The first-order valence-corrected chi connectivity index (χ1v) is 8.56. The molecule has 0 spiro atoms. The molecule has 0 aromatic carbocycles. The molecule has 2 rings (SSSR count). The zero-order valence-electron chi connectivity index (χ0n) is 14.9. The number of nitrogens with one attached hydrogen (secondary N) is 1. The maximum Gasteiger partial charge on any atom is 0.318 e. The molecule has 1 aliphatic rings. The Balaban J connectivity index is 2.40. The van der Waals surface area contributed by atoms with Crippen LogP contribution in [-0.4, -0.2) is 75.5 Å². The number of aliphatic carboxylic acids is 4. The summed E-state index contributed by atoms with van der Waals surface area (Å²) < 4.78 is 0. The van der Waals surface area contributed by atoms with Gasteiger partial charge < -0.3 is 30.6 Å². The topological polar surface area (TPSA) is 177 Å². The molecule has 0 radical (unpaired) electrons. The van der Waals surface area contributed by atoms with Crippen molar-refractivity contribution in [1.82, 2.24) is 10.3 Å². The molecular formula is C17H21N3O8. The monoisotopic (exact) mass is 395 g/mol. The summed E-state index contributed by atoms with van der Waals surface area (Å²) in [6.45, 7) is 2.57. The molecule has 1 aromatic heterocycles. The summed E-state index contributed by atoms with van der Waals surface area (Å²) in [5, 5.41) is 39.6. The maximum atomic E-state index is 11.3. The van der Waals surface area contributed by atoms with E-state index in [2.05, 4.69) is 10.3 Å². The SMILES string of the molecule is O=C(O)C(Cc1ccc(N2CCNCC2)c(CC(C(=O)O)C(=O)O)n1)C(=O)O. The van der Waals surface area contributed by atoms with E-state index < -0.39 is 48.6 Å². The van der Waals surface area contributed by atoms with Gasteiger partial charge in [0, 0.05) is 44.7 Å². The van der Waals surface area contributed by atoms with Crippen molar-refractivity contribution in [3.63, 3.8) is 0 Å². The first kappa shape index (κ1) is 21.1. The Kier molecular flexibility index (Phi) is 6.88. The summed E-state index contributed by atoms with van der Waals surface area (Å²) in [6.07, 6.45) is -0.799. The van der Waals surface area contributed by atoms with Gasteiger partial charge in [-0.1, -0.05) is 0 Å². The van der Waals surface area contributed by atoms with Gasteiger partial charge in [0.15, 0.2) is 11.8 Å². The van der Waals surface area contributed by atoms with Crippen LogP contribution in [0.4, 0.5) is 5.69 Å². The molecule has 1 saturated heterocycles. The number of hydrogen-bond donors (Lipinski definition) is 5. The molecule has 0 amide bonds. The van der Waals surface area contributed by atoms with Crippen LogP contribution in [-0.2, 0) is 32.0 Å². The highest BCUT2D eigenvalue weighted by molar-refractivity contribution is 5.93. The molecule has 5 N–H and O–H groups in total. The molecule has 2 heterocycles. The summed E-state index contributed by atoms with van der Waals surface area (Å²) in [6, 6.07) is 3.08. The van der Waals surface area contributed by atoms with E-state index in [9.17, 15) is 29.4 Å². The molecule has 28 heavy (non-hydrogen) atoms. The zero-order valence-corrected chi connectivity index (χ0v) is 14.9. The smallest absolute Gasteiger partial charge is 0.318 e. The van der Waals surface area contributed by atoms with E-state index in [4.69, 9.17) is 10.2 Å². The van der Waals surface area contributed by atoms with Crippen molar-refractivity contribution >= 4 is 29.6 Å². The number of piperazine rings is 1. The summed E-state index contributed by atoms with van der Waals surface area (Å²) in [5.41, 5.74) is 0.877. The second kappa shape index (κ2) is 9.13. The fourth-order valence-electron chi connectivity index (χ4n) is 2.96. The number of hydrogen-bond acceptors (Lipinski definition) is 7. The number of aromatic nitrogens is 1. The minimum Gasteiger partial charge on any atom is -0.481 e. The van der Waals surface area contributed by atoms with E-state index in [1.807, 2.05) is 4.90 Å². The van der Waals surface area contributed by atoms with Crippen molar-refractivity contribution in [2.75, 3.05) is 31.1 Å². The summed E-state index contributed by atoms with van der Waals surface area (Å²) in [7, 11) is 0. The van der Waals surface area contributed by atoms with Crippen molar-refractivity contribution < 1.29 is 39.6 Å². The Morgan fingerprint density at radius 3 is 1.89 bits per heavy atom. The van der Waals surface area contributed by atoms with Crippen molar-refractivity contribution in [3.05, 3.63) is 23.5 Å². The Labute approximate surface area is 159 Å². The van der Waals surface area contributed by atoms with Crippen LogP contribution in [0.2, 0.25) is 0 Å². The zero-order chi connectivity index (χ0) is 20.8. The van der Waals surface area contributed by atoms with Gasteiger partial charge in [0.1, 0.15) is 0 Å². The molecule has 0 aliphatic carbocycles. The third kappa shape index (κ3) is 5.16. The van der Waals surface area contributed by atoms with E-state index in [-0.39, 0.29) is 11.4 Å². The molecule has 0 saturated carbocycles. The number of pyridine rings is 1. The predicted molar refractivity (Wildman–Crippen MR) is 94.3 cm³/mol. The predicted octanol–water partition coefficient (Wildman–Crippen LogP) is -0.853. The van der Waals surface area contributed by atoms with E-state index in [0.717, 1.165) is 0 Å². The first-order valence-electron chi connectivity index (χ1n) is 8.56. The molecule has 1 aliphatic heterocycles. The summed E-state index contributed by atoms with van der Waals surface area (Å²) in [5.74, 6) is -9.49. The van der Waals surface area contributed by atoms with Gasteiger partial charge >= 0.3 is 23.9 Å². The van der Waals surface area contributed by atoms with Gasteiger partial charge in [0.05, 0.1) is 11.4 Å². The van der Waals surface area contributed by atoms with Gasteiger partial charge in [-0.15, -0.1) is 0 Å². The highest BCUT2D eigenvalue weighted by Gasteiger charge is 2.30. The summed E-state index contributed by atoms with van der Waals surface area (Å²) in [4.78, 5) is 51.0. The highest BCUT2D eigenvalue weighted by atomic mass is 16.4. The largest absolute Gasteiger partial charge is 0.481 e. The third-order valence-electron chi connectivity index (χ3n) is 4.47. The quantitative estimate of drug-likeness (QED) is 0.329. The van der Waals surface area contributed by atoms with Crippen LogP contribution < -0.4 is 10.2 Å². The maximum absolute atomic E-state index is 11.3. The molecule has 11 nitrogen and oxygen atoms in total. The average Bonchev–Trinajstić information content (AvgIpc) is 2.64.